The summed E-state index contributed by atoms with van der Waals surface area (Å²) in [7, 11) is 0. The highest BCUT2D eigenvalue weighted by molar-refractivity contribution is 5.90. The molecule has 1 amide bonds. The molecule has 0 saturated carbocycles. The quantitative estimate of drug-likeness (QED) is 0.725. The first-order chi connectivity index (χ1) is 12.9. The number of aryl methyl sites for hydroxylation is 2. The van der Waals surface area contributed by atoms with Crippen LogP contribution >= 0.6 is 0 Å². The van der Waals surface area contributed by atoms with Crippen molar-refractivity contribution in [2.75, 3.05) is 5.32 Å². The predicted molar refractivity (Wildman–Crippen MR) is 106 cm³/mol. The minimum absolute atomic E-state index is 0.141. The lowest BCUT2D eigenvalue weighted by Gasteiger charge is -2.17. The molecule has 7 heteroatoms. The fourth-order valence-electron chi connectivity index (χ4n) is 3.35. The Kier molecular flexibility index (Phi) is 5.39. The molecule has 3 aromatic rings. The van der Waals surface area contributed by atoms with Crippen molar-refractivity contribution in [2.24, 2.45) is 0 Å². The average molecular weight is 367 g/mol. The van der Waals surface area contributed by atoms with Crippen LogP contribution in [-0.2, 0) is 11.3 Å². The van der Waals surface area contributed by atoms with E-state index in [2.05, 4.69) is 29.4 Å². The number of nitrogens with zero attached hydrogens (tertiary/aromatic N) is 4. The van der Waals surface area contributed by atoms with E-state index < -0.39 is 0 Å². The summed E-state index contributed by atoms with van der Waals surface area (Å²) in [6.07, 6.45) is 1.84. The summed E-state index contributed by atoms with van der Waals surface area (Å²) in [5.41, 5.74) is 1.29. The van der Waals surface area contributed by atoms with E-state index in [1.165, 1.54) is 4.68 Å². The van der Waals surface area contributed by atoms with E-state index in [9.17, 15) is 9.59 Å². The Hall–Kier alpha value is -2.96. The van der Waals surface area contributed by atoms with Gasteiger partial charge in [0.05, 0.1) is 22.8 Å². The second-order valence-corrected chi connectivity index (χ2v) is 6.73. The number of hydrogen-bond acceptors (Lipinski definition) is 4. The molecule has 0 saturated heterocycles. The fourth-order valence-corrected chi connectivity index (χ4v) is 3.35. The molecule has 27 heavy (non-hydrogen) atoms. The van der Waals surface area contributed by atoms with E-state index in [0.717, 1.165) is 29.6 Å². The number of fused-ring (bicyclic) bond motifs is 1. The Bertz CT molecular complexity index is 1030. The number of aromatic nitrogens is 4. The van der Waals surface area contributed by atoms with Crippen molar-refractivity contribution in [2.45, 2.75) is 53.1 Å². The van der Waals surface area contributed by atoms with Gasteiger partial charge in [0.1, 0.15) is 12.4 Å². The molecule has 0 aliphatic heterocycles. The van der Waals surface area contributed by atoms with Gasteiger partial charge in [0.2, 0.25) is 5.91 Å². The van der Waals surface area contributed by atoms with Gasteiger partial charge in [-0.05, 0) is 32.8 Å². The lowest BCUT2D eigenvalue weighted by molar-refractivity contribution is -0.117. The molecular weight excluding hydrogens is 342 g/mol. The maximum atomic E-state index is 12.6. The topological polar surface area (TPSA) is 81.8 Å². The molecule has 0 radical (unpaired) electrons. The summed E-state index contributed by atoms with van der Waals surface area (Å²) in [5, 5.41) is 13.1. The maximum absolute atomic E-state index is 12.6. The Morgan fingerprint density at radius 1 is 1.11 bits per heavy atom. The third kappa shape index (κ3) is 3.77. The zero-order valence-electron chi connectivity index (χ0n) is 16.2. The fraction of sp³-hybridized carbons (Fsp3) is 0.400. The van der Waals surface area contributed by atoms with Gasteiger partial charge in [0, 0.05) is 11.5 Å². The first-order valence-electron chi connectivity index (χ1n) is 9.27. The highest BCUT2D eigenvalue weighted by atomic mass is 16.2. The van der Waals surface area contributed by atoms with Gasteiger partial charge in [-0.2, -0.15) is 10.2 Å². The smallest absolute Gasteiger partial charge is 0.275 e. The molecule has 7 nitrogen and oxygen atoms in total. The second-order valence-electron chi connectivity index (χ2n) is 6.73. The normalized spacial score (nSPS) is 11.3. The number of carbonyl (C=O) groups excluding carboxylic acids is 1. The van der Waals surface area contributed by atoms with Crippen LogP contribution in [0.2, 0.25) is 0 Å². The number of rotatable bonds is 6. The molecule has 2 heterocycles. The van der Waals surface area contributed by atoms with Crippen LogP contribution in [0.3, 0.4) is 0 Å². The van der Waals surface area contributed by atoms with Gasteiger partial charge in [-0.15, -0.1) is 0 Å². The van der Waals surface area contributed by atoms with Crippen molar-refractivity contribution in [3.63, 3.8) is 0 Å². The van der Waals surface area contributed by atoms with Crippen molar-refractivity contribution in [1.29, 1.82) is 0 Å². The molecule has 0 bridgehead atoms. The number of amides is 1. The number of hydrogen-bond donors (Lipinski definition) is 1. The number of carbonyl (C=O) groups is 1. The van der Waals surface area contributed by atoms with Gasteiger partial charge in [0.25, 0.3) is 5.56 Å². The standard InChI is InChI=1S/C20H25N5O2/c1-5-15(6-2)25-18(11-13(3)22-25)21-19(26)12-24-20(27)17-10-8-7-9-16(17)14(4)23-24/h7-11,15H,5-6,12H2,1-4H3,(H,21,26). The molecule has 2 aromatic heterocycles. The zero-order valence-corrected chi connectivity index (χ0v) is 16.2. The second kappa shape index (κ2) is 7.73. The van der Waals surface area contributed by atoms with Crippen LogP contribution in [0.5, 0.6) is 0 Å². The average Bonchev–Trinajstić information content (AvgIpc) is 3.00. The van der Waals surface area contributed by atoms with E-state index in [-0.39, 0.29) is 24.1 Å². The monoisotopic (exact) mass is 367 g/mol. The van der Waals surface area contributed by atoms with Gasteiger partial charge >= 0.3 is 0 Å². The molecule has 1 N–H and O–H groups in total. The van der Waals surface area contributed by atoms with Crippen LogP contribution in [-0.4, -0.2) is 25.5 Å². The SMILES string of the molecule is CCC(CC)n1nc(C)cc1NC(=O)Cn1nc(C)c2ccccc2c1=O. The van der Waals surface area contributed by atoms with Gasteiger partial charge in [-0.25, -0.2) is 9.36 Å². The summed E-state index contributed by atoms with van der Waals surface area (Å²) in [6, 6.07) is 9.36. The van der Waals surface area contributed by atoms with Gasteiger partial charge < -0.3 is 5.32 Å². The highest BCUT2D eigenvalue weighted by Gasteiger charge is 2.16. The van der Waals surface area contributed by atoms with Crippen LogP contribution in [0.1, 0.15) is 44.1 Å². The van der Waals surface area contributed by atoms with E-state index in [1.54, 1.807) is 6.07 Å². The first kappa shape index (κ1) is 18.8. The zero-order chi connectivity index (χ0) is 19.6. The van der Waals surface area contributed by atoms with E-state index >= 15 is 0 Å². The highest BCUT2D eigenvalue weighted by Crippen LogP contribution is 2.22. The Morgan fingerprint density at radius 3 is 2.44 bits per heavy atom. The van der Waals surface area contributed by atoms with E-state index in [0.29, 0.717) is 11.2 Å². The molecule has 0 aliphatic carbocycles. The van der Waals surface area contributed by atoms with Crippen molar-refractivity contribution in [1.82, 2.24) is 19.6 Å². The summed E-state index contributed by atoms with van der Waals surface area (Å²) in [6.45, 7) is 7.78. The predicted octanol–water partition coefficient (Wildman–Crippen LogP) is 3.21. The molecule has 142 valence electrons. The molecule has 3 rings (SSSR count). The Labute approximate surface area is 158 Å². The van der Waals surface area contributed by atoms with Crippen molar-refractivity contribution in [3.8, 4) is 0 Å². The van der Waals surface area contributed by atoms with Crippen molar-refractivity contribution in [3.05, 3.63) is 52.1 Å². The molecular formula is C20H25N5O2. The van der Waals surface area contributed by atoms with Gasteiger partial charge in [0.15, 0.2) is 0 Å². The summed E-state index contributed by atoms with van der Waals surface area (Å²) >= 11 is 0. The molecule has 0 unspecified atom stereocenters. The first-order valence-corrected chi connectivity index (χ1v) is 9.27. The van der Waals surface area contributed by atoms with Crippen LogP contribution in [0.4, 0.5) is 5.82 Å². The van der Waals surface area contributed by atoms with Crippen molar-refractivity contribution >= 4 is 22.5 Å². The Balaban J connectivity index is 1.87. The van der Waals surface area contributed by atoms with E-state index in [1.807, 2.05) is 42.8 Å². The third-order valence-electron chi connectivity index (χ3n) is 4.76. The van der Waals surface area contributed by atoms with Gasteiger partial charge in [-0.3, -0.25) is 9.59 Å². The van der Waals surface area contributed by atoms with Crippen LogP contribution < -0.4 is 10.9 Å². The molecule has 0 atom stereocenters. The van der Waals surface area contributed by atoms with Gasteiger partial charge in [-0.1, -0.05) is 32.0 Å². The summed E-state index contributed by atoms with van der Waals surface area (Å²) in [5.74, 6) is 0.350. The minimum Gasteiger partial charge on any atom is -0.309 e. The molecule has 0 spiro atoms. The van der Waals surface area contributed by atoms with E-state index in [4.69, 9.17) is 0 Å². The van der Waals surface area contributed by atoms with Crippen LogP contribution in [0.25, 0.3) is 10.8 Å². The van der Waals surface area contributed by atoms with Crippen LogP contribution in [0.15, 0.2) is 35.1 Å². The lowest BCUT2D eigenvalue weighted by atomic mass is 10.1. The number of benzene rings is 1. The Morgan fingerprint density at radius 2 is 1.78 bits per heavy atom. The van der Waals surface area contributed by atoms with Crippen molar-refractivity contribution < 1.29 is 4.79 Å². The van der Waals surface area contributed by atoms with Crippen LogP contribution in [0, 0.1) is 13.8 Å². The number of anilines is 1. The largest absolute Gasteiger partial charge is 0.309 e. The lowest BCUT2D eigenvalue weighted by Crippen LogP contribution is -2.31. The molecule has 0 fully saturated rings. The third-order valence-corrected chi connectivity index (χ3v) is 4.76. The molecule has 0 aliphatic rings. The minimum atomic E-state index is -0.300. The molecule has 1 aromatic carbocycles. The maximum Gasteiger partial charge on any atom is 0.275 e. The summed E-state index contributed by atoms with van der Waals surface area (Å²) < 4.78 is 3.08. The summed E-state index contributed by atoms with van der Waals surface area (Å²) in [4.78, 5) is 25.2. The number of nitrogens with one attached hydrogen (secondary N) is 1.